The van der Waals surface area contributed by atoms with Crippen molar-refractivity contribution in [2.75, 3.05) is 19.8 Å². The highest BCUT2D eigenvalue weighted by atomic mass is 32.2. The average molecular weight is 286 g/mol. The van der Waals surface area contributed by atoms with E-state index in [2.05, 4.69) is 17.1 Å². The Hall–Kier alpha value is -0.260. The van der Waals surface area contributed by atoms with Crippen molar-refractivity contribution in [3.8, 4) is 0 Å². The van der Waals surface area contributed by atoms with E-state index in [4.69, 9.17) is 10.5 Å². The number of amides is 1. The Morgan fingerprint density at radius 1 is 1.37 bits per heavy atom. The van der Waals surface area contributed by atoms with Gasteiger partial charge < -0.3 is 15.8 Å². The van der Waals surface area contributed by atoms with E-state index in [0.29, 0.717) is 10.5 Å². The third kappa shape index (κ3) is 3.86. The highest BCUT2D eigenvalue weighted by Gasteiger charge is 2.41. The Bertz CT molecular complexity index is 304. The number of hydrogen-bond donors (Lipinski definition) is 2. The van der Waals surface area contributed by atoms with Gasteiger partial charge in [0.2, 0.25) is 5.91 Å². The fraction of sp³-hybridized carbons (Fsp3) is 0.929. The number of nitrogens with two attached hydrogens (primary N) is 1. The van der Waals surface area contributed by atoms with Crippen LogP contribution in [0.1, 0.15) is 45.4 Å². The zero-order valence-corrected chi connectivity index (χ0v) is 12.6. The van der Waals surface area contributed by atoms with Gasteiger partial charge in [-0.05, 0) is 45.1 Å². The Morgan fingerprint density at radius 2 is 2.11 bits per heavy atom. The molecule has 19 heavy (non-hydrogen) atoms. The van der Waals surface area contributed by atoms with Crippen molar-refractivity contribution in [2.45, 2.75) is 61.5 Å². The summed E-state index contributed by atoms with van der Waals surface area (Å²) < 4.78 is 5.41. The number of rotatable bonds is 5. The molecule has 1 saturated carbocycles. The van der Waals surface area contributed by atoms with Gasteiger partial charge in [-0.25, -0.2) is 0 Å². The van der Waals surface area contributed by atoms with Crippen LogP contribution in [0.25, 0.3) is 0 Å². The van der Waals surface area contributed by atoms with Gasteiger partial charge in [0.05, 0.1) is 5.54 Å². The molecule has 2 unspecified atom stereocenters. The van der Waals surface area contributed by atoms with Gasteiger partial charge in [-0.3, -0.25) is 4.79 Å². The summed E-state index contributed by atoms with van der Waals surface area (Å²) in [4.78, 5) is 11.8. The van der Waals surface area contributed by atoms with Crippen LogP contribution in [0.5, 0.6) is 0 Å². The van der Waals surface area contributed by atoms with Gasteiger partial charge in [0.1, 0.15) is 0 Å². The molecule has 1 saturated heterocycles. The maximum absolute atomic E-state index is 11.8. The number of likely N-dealkylation sites (N-methyl/N-ethyl adjacent to an activating group) is 1. The number of ether oxygens (including phenoxy) is 1. The van der Waals surface area contributed by atoms with Gasteiger partial charge in [-0.2, -0.15) is 11.8 Å². The molecule has 1 amide bonds. The summed E-state index contributed by atoms with van der Waals surface area (Å²) in [5.74, 6) is -0.174. The topological polar surface area (TPSA) is 64.3 Å². The second-order valence-corrected chi connectivity index (χ2v) is 7.25. The lowest BCUT2D eigenvalue weighted by Gasteiger charge is -2.40. The number of primary amides is 1. The molecule has 1 heterocycles. The Kier molecular flexibility index (Phi) is 5.54. The monoisotopic (exact) mass is 286 g/mol. The van der Waals surface area contributed by atoms with Crippen LogP contribution < -0.4 is 11.1 Å². The van der Waals surface area contributed by atoms with Crippen molar-refractivity contribution in [1.29, 1.82) is 0 Å². The molecular formula is C14H26N2O2S. The molecule has 1 aliphatic carbocycles. The zero-order chi connectivity index (χ0) is 13.7. The SMILES string of the molecule is CCNC1(C(N)=O)CCCC(SC2CCOCC2)C1. The van der Waals surface area contributed by atoms with Crippen LogP contribution in [0.15, 0.2) is 0 Å². The second kappa shape index (κ2) is 6.95. The van der Waals surface area contributed by atoms with Crippen LogP contribution in [-0.4, -0.2) is 41.7 Å². The standard InChI is InChI=1S/C14H26N2O2S/c1-2-16-14(13(15)17)7-3-4-12(10-14)19-11-5-8-18-9-6-11/h11-12,16H,2-10H2,1H3,(H2,15,17). The predicted molar refractivity (Wildman–Crippen MR) is 79.3 cm³/mol. The van der Waals surface area contributed by atoms with Gasteiger partial charge in [0, 0.05) is 23.7 Å². The lowest BCUT2D eigenvalue weighted by atomic mass is 9.80. The molecular weight excluding hydrogens is 260 g/mol. The molecule has 4 nitrogen and oxygen atoms in total. The molecule has 2 aliphatic rings. The fourth-order valence-electron chi connectivity index (χ4n) is 3.23. The second-order valence-electron chi connectivity index (χ2n) is 5.64. The Labute approximate surface area is 120 Å². The highest BCUT2D eigenvalue weighted by Crippen LogP contribution is 2.38. The highest BCUT2D eigenvalue weighted by molar-refractivity contribution is 8.00. The molecule has 2 atom stereocenters. The van der Waals surface area contributed by atoms with Crippen LogP contribution in [0.2, 0.25) is 0 Å². The summed E-state index contributed by atoms with van der Waals surface area (Å²) in [5, 5.41) is 4.61. The molecule has 0 aromatic carbocycles. The fourth-order valence-corrected chi connectivity index (χ4v) is 4.93. The largest absolute Gasteiger partial charge is 0.381 e. The van der Waals surface area contributed by atoms with E-state index in [9.17, 15) is 4.79 Å². The molecule has 1 aliphatic heterocycles. The van der Waals surface area contributed by atoms with Crippen molar-refractivity contribution < 1.29 is 9.53 Å². The van der Waals surface area contributed by atoms with Crippen molar-refractivity contribution in [1.82, 2.24) is 5.32 Å². The molecule has 5 heteroatoms. The number of carbonyl (C=O) groups excluding carboxylic acids is 1. The van der Waals surface area contributed by atoms with Crippen LogP contribution in [0, 0.1) is 0 Å². The average Bonchev–Trinajstić information content (AvgIpc) is 2.40. The Morgan fingerprint density at radius 3 is 2.74 bits per heavy atom. The molecule has 0 aromatic rings. The number of nitrogens with one attached hydrogen (secondary N) is 1. The van der Waals surface area contributed by atoms with E-state index in [-0.39, 0.29) is 5.91 Å². The first-order valence-electron chi connectivity index (χ1n) is 7.44. The molecule has 110 valence electrons. The summed E-state index contributed by atoms with van der Waals surface area (Å²) in [6.07, 6.45) is 6.37. The lowest BCUT2D eigenvalue weighted by molar-refractivity contribution is -0.125. The van der Waals surface area contributed by atoms with Gasteiger partial charge in [-0.15, -0.1) is 0 Å². The first-order valence-corrected chi connectivity index (χ1v) is 8.39. The molecule has 0 bridgehead atoms. The summed E-state index contributed by atoms with van der Waals surface area (Å²) in [6.45, 7) is 4.62. The van der Waals surface area contributed by atoms with Crippen molar-refractivity contribution in [3.63, 3.8) is 0 Å². The molecule has 2 fully saturated rings. The first kappa shape index (κ1) is 15.1. The van der Waals surface area contributed by atoms with E-state index in [0.717, 1.165) is 51.9 Å². The Balaban J connectivity index is 1.92. The van der Waals surface area contributed by atoms with Crippen LogP contribution in [0.3, 0.4) is 0 Å². The molecule has 0 aromatic heterocycles. The van der Waals surface area contributed by atoms with Crippen molar-refractivity contribution in [3.05, 3.63) is 0 Å². The van der Waals surface area contributed by atoms with Crippen molar-refractivity contribution in [2.24, 2.45) is 5.73 Å². The zero-order valence-electron chi connectivity index (χ0n) is 11.8. The van der Waals surface area contributed by atoms with Gasteiger partial charge in [0.25, 0.3) is 0 Å². The lowest BCUT2D eigenvalue weighted by Crippen LogP contribution is -2.58. The minimum atomic E-state index is -0.462. The van der Waals surface area contributed by atoms with E-state index in [1.54, 1.807) is 0 Å². The third-order valence-corrected chi connectivity index (χ3v) is 5.89. The quantitative estimate of drug-likeness (QED) is 0.807. The minimum Gasteiger partial charge on any atom is -0.381 e. The molecule has 2 rings (SSSR count). The third-order valence-electron chi connectivity index (χ3n) is 4.25. The van der Waals surface area contributed by atoms with Gasteiger partial charge in [0.15, 0.2) is 0 Å². The summed E-state index contributed by atoms with van der Waals surface area (Å²) in [7, 11) is 0. The van der Waals surface area contributed by atoms with Gasteiger partial charge in [-0.1, -0.05) is 6.92 Å². The number of hydrogen-bond acceptors (Lipinski definition) is 4. The van der Waals surface area contributed by atoms with E-state index in [1.165, 1.54) is 6.42 Å². The number of thioether (sulfide) groups is 1. The summed E-state index contributed by atoms with van der Waals surface area (Å²) in [6, 6.07) is 0. The maximum Gasteiger partial charge on any atom is 0.237 e. The van der Waals surface area contributed by atoms with Crippen LogP contribution in [0.4, 0.5) is 0 Å². The van der Waals surface area contributed by atoms with Gasteiger partial charge >= 0.3 is 0 Å². The maximum atomic E-state index is 11.8. The smallest absolute Gasteiger partial charge is 0.237 e. The predicted octanol–water partition coefficient (Wildman–Crippen LogP) is 1.67. The normalized spacial score (nSPS) is 33.2. The molecule has 3 N–H and O–H groups in total. The number of carbonyl (C=O) groups is 1. The molecule has 0 radical (unpaired) electrons. The van der Waals surface area contributed by atoms with Crippen molar-refractivity contribution >= 4 is 17.7 Å². The van der Waals surface area contributed by atoms with E-state index < -0.39 is 5.54 Å². The minimum absolute atomic E-state index is 0.174. The van der Waals surface area contributed by atoms with E-state index in [1.807, 2.05) is 6.92 Å². The summed E-state index contributed by atoms with van der Waals surface area (Å²) in [5.41, 5.74) is 5.19. The van der Waals surface area contributed by atoms with E-state index >= 15 is 0 Å². The van der Waals surface area contributed by atoms with Crippen LogP contribution in [-0.2, 0) is 9.53 Å². The summed E-state index contributed by atoms with van der Waals surface area (Å²) >= 11 is 2.06. The van der Waals surface area contributed by atoms with Crippen LogP contribution >= 0.6 is 11.8 Å². The first-order chi connectivity index (χ1) is 9.16. The molecule has 0 spiro atoms.